The number of hydrogen-bond acceptors (Lipinski definition) is 5. The van der Waals surface area contributed by atoms with Crippen molar-refractivity contribution in [3.8, 4) is 5.75 Å². The highest BCUT2D eigenvalue weighted by Crippen LogP contribution is 2.39. The number of hydrogen-bond donors (Lipinski definition) is 1. The Balaban J connectivity index is 1.52. The van der Waals surface area contributed by atoms with Crippen molar-refractivity contribution in [3.63, 3.8) is 0 Å². The lowest BCUT2D eigenvalue weighted by atomic mass is 9.95. The second-order valence-electron chi connectivity index (χ2n) is 7.96. The van der Waals surface area contributed by atoms with Crippen molar-refractivity contribution in [3.05, 3.63) is 60.0 Å². The average molecular weight is 432 g/mol. The van der Waals surface area contributed by atoms with Gasteiger partial charge in [-0.3, -0.25) is 4.90 Å². The van der Waals surface area contributed by atoms with Gasteiger partial charge in [-0.15, -0.1) is 0 Å². The fraction of sp³-hybridized carbons (Fsp3) is 0.409. The molecule has 9 heteroatoms. The molecule has 3 aromatic rings. The van der Waals surface area contributed by atoms with Crippen molar-refractivity contribution < 1.29 is 22.6 Å². The molecule has 3 atom stereocenters. The zero-order chi connectivity index (χ0) is 21.6. The monoisotopic (exact) mass is 432 g/mol. The maximum atomic E-state index is 13.2. The highest BCUT2D eigenvalue weighted by atomic mass is 19.4. The molecule has 0 radical (unpaired) electrons. The number of halogens is 3. The summed E-state index contributed by atoms with van der Waals surface area (Å²) < 4.78 is 52.6. The highest BCUT2D eigenvalue weighted by molar-refractivity contribution is 5.69. The van der Waals surface area contributed by atoms with Crippen molar-refractivity contribution in [2.75, 3.05) is 32.1 Å². The summed E-state index contributed by atoms with van der Waals surface area (Å²) >= 11 is 0. The third-order valence-corrected chi connectivity index (χ3v) is 6.11. The lowest BCUT2D eigenvalue weighted by Crippen LogP contribution is -2.47. The minimum absolute atomic E-state index is 0.00681. The molecule has 4 heterocycles. The summed E-state index contributed by atoms with van der Waals surface area (Å²) in [5.74, 6) is 0.782. The van der Waals surface area contributed by atoms with E-state index in [-0.39, 0.29) is 23.8 Å². The molecule has 6 nitrogen and oxygen atoms in total. The molecule has 31 heavy (non-hydrogen) atoms. The molecule has 0 bridgehead atoms. The van der Waals surface area contributed by atoms with Crippen LogP contribution >= 0.6 is 0 Å². The average Bonchev–Trinajstić information content (AvgIpc) is 3.41. The number of nitrogens with one attached hydrogen (secondary N) is 1. The molecule has 0 spiro atoms. The van der Waals surface area contributed by atoms with E-state index in [1.54, 1.807) is 25.4 Å². The van der Waals surface area contributed by atoms with Crippen molar-refractivity contribution >= 4 is 11.3 Å². The van der Waals surface area contributed by atoms with Crippen LogP contribution in [0.1, 0.15) is 23.7 Å². The van der Waals surface area contributed by atoms with E-state index in [2.05, 4.69) is 15.2 Å². The molecule has 164 valence electrons. The van der Waals surface area contributed by atoms with Crippen LogP contribution in [0.2, 0.25) is 0 Å². The van der Waals surface area contributed by atoms with Gasteiger partial charge in [-0.05, 0) is 24.6 Å². The van der Waals surface area contributed by atoms with E-state index in [1.165, 1.54) is 4.40 Å². The van der Waals surface area contributed by atoms with Crippen molar-refractivity contribution in [1.82, 2.24) is 14.3 Å². The van der Waals surface area contributed by atoms with Crippen LogP contribution in [0.4, 0.5) is 18.9 Å². The number of rotatable bonds is 4. The summed E-state index contributed by atoms with van der Waals surface area (Å²) in [4.78, 5) is 6.19. The number of imidazole rings is 1. The number of fused-ring (bicyclic) bond motifs is 2. The van der Waals surface area contributed by atoms with Gasteiger partial charge in [0.05, 0.1) is 23.9 Å². The van der Waals surface area contributed by atoms with E-state index in [4.69, 9.17) is 9.47 Å². The largest absolute Gasteiger partial charge is 0.491 e. The zero-order valence-corrected chi connectivity index (χ0v) is 17.0. The van der Waals surface area contributed by atoms with E-state index in [1.807, 2.05) is 24.3 Å². The molecule has 1 saturated heterocycles. The maximum absolute atomic E-state index is 13.2. The normalized spacial score (nSPS) is 24.2. The minimum Gasteiger partial charge on any atom is -0.491 e. The second kappa shape index (κ2) is 7.72. The molecule has 1 fully saturated rings. The van der Waals surface area contributed by atoms with Gasteiger partial charge in [-0.25, -0.2) is 4.98 Å². The van der Waals surface area contributed by atoms with Crippen LogP contribution in [0.25, 0.3) is 5.65 Å². The van der Waals surface area contributed by atoms with Crippen molar-refractivity contribution in [1.29, 1.82) is 0 Å². The van der Waals surface area contributed by atoms with Gasteiger partial charge >= 0.3 is 6.18 Å². The van der Waals surface area contributed by atoms with Crippen LogP contribution in [0.15, 0.2) is 48.8 Å². The predicted octanol–water partition coefficient (Wildman–Crippen LogP) is 3.99. The number of anilines is 1. The topological polar surface area (TPSA) is 51.0 Å². The van der Waals surface area contributed by atoms with Gasteiger partial charge in [0, 0.05) is 38.2 Å². The molecule has 3 unspecified atom stereocenters. The van der Waals surface area contributed by atoms with Gasteiger partial charge in [-0.2, -0.15) is 13.2 Å². The van der Waals surface area contributed by atoms with E-state index >= 15 is 0 Å². The third-order valence-electron chi connectivity index (χ3n) is 6.11. The number of pyridine rings is 1. The molecule has 1 aromatic carbocycles. The van der Waals surface area contributed by atoms with Crippen LogP contribution in [-0.2, 0) is 10.9 Å². The lowest BCUT2D eigenvalue weighted by Gasteiger charge is -2.39. The molecule has 0 saturated carbocycles. The fourth-order valence-corrected chi connectivity index (χ4v) is 4.52. The Morgan fingerprint density at radius 1 is 1.19 bits per heavy atom. The molecule has 2 aliphatic rings. The summed E-state index contributed by atoms with van der Waals surface area (Å²) in [7, 11) is 1.72. The Kier molecular flexibility index (Phi) is 5.02. The van der Waals surface area contributed by atoms with Gasteiger partial charge in [0.25, 0.3) is 0 Å². The summed E-state index contributed by atoms with van der Waals surface area (Å²) in [5, 5.41) is 3.49. The van der Waals surface area contributed by atoms with E-state index in [0.717, 1.165) is 37.0 Å². The van der Waals surface area contributed by atoms with Gasteiger partial charge in [-0.1, -0.05) is 18.2 Å². The molecule has 2 aromatic heterocycles. The van der Waals surface area contributed by atoms with Crippen molar-refractivity contribution in [2.45, 2.75) is 30.8 Å². The smallest absolute Gasteiger partial charge is 0.434 e. The van der Waals surface area contributed by atoms with E-state index < -0.39 is 11.9 Å². The van der Waals surface area contributed by atoms with Gasteiger partial charge in [0.1, 0.15) is 12.4 Å². The Labute approximate surface area is 177 Å². The molecule has 1 N–H and O–H groups in total. The number of likely N-dealkylation sites (tertiary alicyclic amines) is 1. The third kappa shape index (κ3) is 3.72. The minimum atomic E-state index is -4.50. The summed E-state index contributed by atoms with van der Waals surface area (Å²) in [6, 6.07) is 11.1. The molecular formula is C22H23F3N4O2. The van der Waals surface area contributed by atoms with Crippen LogP contribution in [0.5, 0.6) is 5.75 Å². The Morgan fingerprint density at radius 3 is 2.81 bits per heavy atom. The van der Waals surface area contributed by atoms with Crippen LogP contribution < -0.4 is 10.1 Å². The van der Waals surface area contributed by atoms with Crippen LogP contribution in [0.3, 0.4) is 0 Å². The first-order chi connectivity index (χ1) is 14.9. The lowest BCUT2D eigenvalue weighted by molar-refractivity contribution is -0.140. The van der Waals surface area contributed by atoms with Crippen LogP contribution in [-0.4, -0.2) is 53.2 Å². The molecule has 5 rings (SSSR count). The number of ether oxygens (including phenoxy) is 2. The van der Waals surface area contributed by atoms with Crippen molar-refractivity contribution in [2.24, 2.45) is 0 Å². The number of alkyl halides is 3. The molecule has 0 aliphatic carbocycles. The SMILES string of the molecule is COC1CCN(C2COc3ccccc3C2Nc2cccn3cc(C(F)(F)F)nc23)C1. The second-order valence-corrected chi connectivity index (χ2v) is 7.96. The van der Waals surface area contributed by atoms with E-state index in [9.17, 15) is 13.2 Å². The van der Waals surface area contributed by atoms with E-state index in [0.29, 0.717) is 12.3 Å². The highest BCUT2D eigenvalue weighted by Gasteiger charge is 2.39. The zero-order valence-electron chi connectivity index (χ0n) is 17.0. The van der Waals surface area contributed by atoms with Gasteiger partial charge < -0.3 is 19.2 Å². The maximum Gasteiger partial charge on any atom is 0.434 e. The number of para-hydroxylation sites is 1. The first-order valence-corrected chi connectivity index (χ1v) is 10.2. The molecule has 0 amide bonds. The first-order valence-electron chi connectivity index (χ1n) is 10.2. The number of nitrogens with zero attached hydrogens (tertiary/aromatic N) is 3. The Hall–Kier alpha value is -2.78. The van der Waals surface area contributed by atoms with Crippen LogP contribution in [0, 0.1) is 0 Å². The number of aromatic nitrogens is 2. The molecule has 2 aliphatic heterocycles. The predicted molar refractivity (Wildman–Crippen MR) is 109 cm³/mol. The first kappa shape index (κ1) is 20.1. The van der Waals surface area contributed by atoms with Gasteiger partial charge in [0.2, 0.25) is 0 Å². The number of benzene rings is 1. The quantitative estimate of drug-likeness (QED) is 0.676. The molecular weight excluding hydrogens is 409 g/mol. The Bertz CT molecular complexity index is 1080. The Morgan fingerprint density at radius 2 is 2.03 bits per heavy atom. The summed E-state index contributed by atoms with van der Waals surface area (Å²) in [5.41, 5.74) is 0.860. The van der Waals surface area contributed by atoms with Gasteiger partial charge in [0.15, 0.2) is 11.3 Å². The number of methoxy groups -OCH3 is 1. The fourth-order valence-electron chi connectivity index (χ4n) is 4.52. The summed E-state index contributed by atoms with van der Waals surface area (Å²) in [6.45, 7) is 2.14. The standard InChI is InChI=1S/C22H23F3N4O2/c1-30-14-8-10-28(11-14)17-13-31-18-7-3-2-5-15(18)20(17)26-16-6-4-9-29-12-19(22(23,24)25)27-21(16)29/h2-7,9,12,14,17,20,26H,8,10-11,13H2,1H3. The summed E-state index contributed by atoms with van der Waals surface area (Å²) in [6.07, 6.45) is -0.807.